The van der Waals surface area contributed by atoms with Gasteiger partial charge in [-0.05, 0) is 56.7 Å². The largest absolute Gasteiger partial charge is 0.323 e. The number of aryl methyl sites for hydroxylation is 2. The van der Waals surface area contributed by atoms with Crippen LogP contribution in [0.4, 0.5) is 11.6 Å². The summed E-state index contributed by atoms with van der Waals surface area (Å²) in [6.45, 7) is 4.01. The standard InChI is InChI=1S/C18H21N9S/c1-11-7-15-21-10-22-26(15)9-13(11)23-17-20-8-14-16(24-17)27(18(28)25(14)2)12-3-5-19-6-4-12/h7-10,12,19H,3-6H2,1-2H3,(H,20,23,24). The first-order valence-corrected chi connectivity index (χ1v) is 9.74. The number of rotatable bonds is 3. The molecule has 5 rings (SSSR count). The number of piperidine rings is 1. The lowest BCUT2D eigenvalue weighted by Gasteiger charge is -2.24. The number of fused-ring (bicyclic) bond motifs is 2. The molecule has 0 aliphatic carbocycles. The summed E-state index contributed by atoms with van der Waals surface area (Å²) in [6.07, 6.45) is 7.36. The molecule has 28 heavy (non-hydrogen) atoms. The highest BCUT2D eigenvalue weighted by Gasteiger charge is 2.21. The Kier molecular flexibility index (Phi) is 4.09. The third-order valence-electron chi connectivity index (χ3n) is 5.38. The fourth-order valence-corrected chi connectivity index (χ4v) is 4.13. The molecule has 0 amide bonds. The van der Waals surface area contributed by atoms with E-state index >= 15 is 0 Å². The van der Waals surface area contributed by atoms with E-state index in [1.54, 1.807) is 4.52 Å². The molecule has 2 N–H and O–H groups in total. The van der Waals surface area contributed by atoms with Crippen LogP contribution in [0.1, 0.15) is 24.4 Å². The highest BCUT2D eigenvalue weighted by molar-refractivity contribution is 7.71. The second-order valence-electron chi connectivity index (χ2n) is 7.15. The third kappa shape index (κ3) is 2.76. The van der Waals surface area contributed by atoms with Crippen molar-refractivity contribution < 1.29 is 0 Å². The number of pyridine rings is 1. The maximum absolute atomic E-state index is 5.71. The Morgan fingerprint density at radius 3 is 2.89 bits per heavy atom. The fourth-order valence-electron chi connectivity index (χ4n) is 3.80. The third-order valence-corrected chi connectivity index (χ3v) is 5.85. The number of nitrogens with one attached hydrogen (secondary N) is 2. The molecule has 144 valence electrons. The van der Waals surface area contributed by atoms with Gasteiger partial charge >= 0.3 is 0 Å². The molecule has 4 aromatic heterocycles. The van der Waals surface area contributed by atoms with Gasteiger partial charge in [0.2, 0.25) is 5.95 Å². The summed E-state index contributed by atoms with van der Waals surface area (Å²) in [5, 5.41) is 10.9. The van der Waals surface area contributed by atoms with Crippen LogP contribution in [-0.2, 0) is 7.05 Å². The predicted molar refractivity (Wildman–Crippen MR) is 109 cm³/mol. The van der Waals surface area contributed by atoms with Crippen molar-refractivity contribution in [3.05, 3.63) is 35.1 Å². The van der Waals surface area contributed by atoms with Crippen molar-refractivity contribution in [3.63, 3.8) is 0 Å². The van der Waals surface area contributed by atoms with E-state index in [0.717, 1.165) is 58.8 Å². The molecule has 5 heterocycles. The van der Waals surface area contributed by atoms with Crippen molar-refractivity contribution in [2.24, 2.45) is 7.05 Å². The van der Waals surface area contributed by atoms with Gasteiger partial charge in [-0.1, -0.05) is 0 Å². The van der Waals surface area contributed by atoms with Crippen LogP contribution in [0.25, 0.3) is 16.8 Å². The number of imidazole rings is 1. The molecule has 10 heteroatoms. The van der Waals surface area contributed by atoms with Crippen LogP contribution in [0.3, 0.4) is 0 Å². The van der Waals surface area contributed by atoms with Crippen molar-refractivity contribution in [2.75, 3.05) is 18.4 Å². The summed E-state index contributed by atoms with van der Waals surface area (Å²) >= 11 is 5.71. The van der Waals surface area contributed by atoms with Gasteiger partial charge in [-0.25, -0.2) is 14.5 Å². The second kappa shape index (κ2) is 6.64. The van der Waals surface area contributed by atoms with Crippen molar-refractivity contribution in [2.45, 2.75) is 25.8 Å². The van der Waals surface area contributed by atoms with Gasteiger partial charge in [-0.15, -0.1) is 0 Å². The van der Waals surface area contributed by atoms with Gasteiger partial charge in [0.05, 0.1) is 18.1 Å². The minimum atomic E-state index is 0.355. The molecule has 0 unspecified atom stereocenters. The molecule has 0 aromatic carbocycles. The van der Waals surface area contributed by atoms with E-state index < -0.39 is 0 Å². The minimum absolute atomic E-state index is 0.355. The van der Waals surface area contributed by atoms with Crippen LogP contribution >= 0.6 is 12.2 Å². The first-order valence-electron chi connectivity index (χ1n) is 9.33. The number of aromatic nitrogens is 7. The van der Waals surface area contributed by atoms with Crippen LogP contribution in [0.5, 0.6) is 0 Å². The molecule has 0 bridgehead atoms. The highest BCUT2D eigenvalue weighted by atomic mass is 32.1. The zero-order chi connectivity index (χ0) is 19.3. The minimum Gasteiger partial charge on any atom is -0.323 e. The summed E-state index contributed by atoms with van der Waals surface area (Å²) < 4.78 is 6.69. The van der Waals surface area contributed by atoms with Crippen molar-refractivity contribution >= 4 is 40.7 Å². The molecule has 0 radical (unpaired) electrons. The summed E-state index contributed by atoms with van der Waals surface area (Å²) in [5.41, 5.74) is 4.56. The van der Waals surface area contributed by atoms with Gasteiger partial charge in [0.25, 0.3) is 0 Å². The average molecular weight is 395 g/mol. The molecule has 1 fully saturated rings. The van der Waals surface area contributed by atoms with E-state index in [1.165, 1.54) is 6.33 Å². The van der Waals surface area contributed by atoms with Crippen LogP contribution < -0.4 is 10.6 Å². The molecule has 0 spiro atoms. The monoisotopic (exact) mass is 395 g/mol. The lowest BCUT2D eigenvalue weighted by atomic mass is 10.1. The van der Waals surface area contributed by atoms with Crippen LogP contribution in [-0.4, -0.2) is 46.8 Å². The first-order chi connectivity index (χ1) is 13.6. The fraction of sp³-hybridized carbons (Fsp3) is 0.389. The average Bonchev–Trinajstić information content (AvgIpc) is 3.25. The molecule has 1 aliphatic heterocycles. The normalized spacial score (nSPS) is 15.5. The predicted octanol–water partition coefficient (Wildman–Crippen LogP) is 2.52. The van der Waals surface area contributed by atoms with Crippen LogP contribution in [0.2, 0.25) is 0 Å². The number of anilines is 2. The Balaban J connectivity index is 1.58. The summed E-state index contributed by atoms with van der Waals surface area (Å²) in [7, 11) is 1.97. The van der Waals surface area contributed by atoms with Crippen molar-refractivity contribution in [1.82, 2.24) is 39.0 Å². The van der Waals surface area contributed by atoms with Gasteiger partial charge in [-0.3, -0.25) is 4.57 Å². The van der Waals surface area contributed by atoms with Crippen molar-refractivity contribution in [1.29, 1.82) is 0 Å². The Bertz CT molecular complexity index is 1230. The van der Waals surface area contributed by atoms with Gasteiger partial charge in [-0.2, -0.15) is 10.1 Å². The van der Waals surface area contributed by atoms with E-state index in [2.05, 4.69) is 30.3 Å². The van der Waals surface area contributed by atoms with Gasteiger partial charge in [0, 0.05) is 13.1 Å². The lowest BCUT2D eigenvalue weighted by Crippen LogP contribution is -2.29. The Morgan fingerprint density at radius 1 is 1.25 bits per heavy atom. The van der Waals surface area contributed by atoms with Crippen molar-refractivity contribution in [3.8, 4) is 0 Å². The maximum Gasteiger partial charge on any atom is 0.229 e. The molecule has 1 aliphatic rings. The first kappa shape index (κ1) is 17.3. The zero-order valence-electron chi connectivity index (χ0n) is 15.8. The molecule has 0 saturated carbocycles. The highest BCUT2D eigenvalue weighted by Crippen LogP contribution is 2.27. The molecule has 1 saturated heterocycles. The maximum atomic E-state index is 5.71. The number of hydrogen-bond acceptors (Lipinski definition) is 7. The van der Waals surface area contributed by atoms with E-state index in [1.807, 2.05) is 37.0 Å². The van der Waals surface area contributed by atoms with E-state index in [-0.39, 0.29) is 0 Å². The molecular weight excluding hydrogens is 374 g/mol. The van der Waals surface area contributed by atoms with E-state index in [0.29, 0.717) is 12.0 Å². The van der Waals surface area contributed by atoms with Gasteiger partial charge < -0.3 is 15.2 Å². The number of hydrogen-bond donors (Lipinski definition) is 2. The Morgan fingerprint density at radius 2 is 2.07 bits per heavy atom. The zero-order valence-corrected chi connectivity index (χ0v) is 16.6. The summed E-state index contributed by atoms with van der Waals surface area (Å²) in [6, 6.07) is 2.33. The molecule has 9 nitrogen and oxygen atoms in total. The molecule has 4 aromatic rings. The van der Waals surface area contributed by atoms with E-state index in [4.69, 9.17) is 17.2 Å². The summed E-state index contributed by atoms with van der Waals surface area (Å²) in [5.74, 6) is 0.540. The topological polar surface area (TPSA) is 89.9 Å². The van der Waals surface area contributed by atoms with Crippen LogP contribution in [0, 0.1) is 11.7 Å². The SMILES string of the molecule is Cc1cc2ncnn2cc1Nc1ncc2c(n1)n(C1CCNCC1)c(=S)n2C. The van der Waals surface area contributed by atoms with Gasteiger partial charge in [0.1, 0.15) is 11.8 Å². The van der Waals surface area contributed by atoms with E-state index in [9.17, 15) is 0 Å². The molecular formula is C18H21N9S. The molecule has 0 atom stereocenters. The Hall–Kier alpha value is -2.85. The smallest absolute Gasteiger partial charge is 0.229 e. The van der Waals surface area contributed by atoms with Gasteiger partial charge in [0.15, 0.2) is 16.1 Å². The Labute approximate surface area is 166 Å². The second-order valence-corrected chi connectivity index (χ2v) is 7.52. The quantitative estimate of drug-likeness (QED) is 0.515. The lowest BCUT2D eigenvalue weighted by molar-refractivity contribution is 0.369. The number of nitrogens with zero attached hydrogens (tertiary/aromatic N) is 7. The summed E-state index contributed by atoms with van der Waals surface area (Å²) in [4.78, 5) is 13.5. The van der Waals surface area contributed by atoms with Crippen LogP contribution in [0.15, 0.2) is 24.8 Å².